The standard InChI is InChI=1S/C11H20/c1-5-6-7-8-9-11(4)10(2)3/h5H,1,6-9H2,2-4H3. The average Bonchev–Trinajstić information content (AvgIpc) is 1.97. The predicted octanol–water partition coefficient (Wildman–Crippen LogP) is 4.09. The van der Waals surface area contributed by atoms with Crippen molar-refractivity contribution in [2.24, 2.45) is 0 Å². The van der Waals surface area contributed by atoms with Crippen molar-refractivity contribution in [2.75, 3.05) is 0 Å². The van der Waals surface area contributed by atoms with Gasteiger partial charge in [-0.3, -0.25) is 0 Å². The largest absolute Gasteiger partial charge is 0.103 e. The van der Waals surface area contributed by atoms with Gasteiger partial charge >= 0.3 is 0 Å². The van der Waals surface area contributed by atoms with Crippen LogP contribution >= 0.6 is 0 Å². The summed E-state index contributed by atoms with van der Waals surface area (Å²) in [6.07, 6.45) is 7.02. The molecule has 0 radical (unpaired) electrons. The maximum Gasteiger partial charge on any atom is -0.0320 e. The molecule has 0 rings (SSSR count). The monoisotopic (exact) mass is 152 g/mol. The summed E-state index contributed by atoms with van der Waals surface area (Å²) in [4.78, 5) is 0. The van der Waals surface area contributed by atoms with Gasteiger partial charge in [-0.2, -0.15) is 0 Å². The lowest BCUT2D eigenvalue weighted by Gasteiger charge is -2.01. The molecule has 0 atom stereocenters. The molecule has 0 bridgehead atoms. The number of hydrogen-bond donors (Lipinski definition) is 0. The van der Waals surface area contributed by atoms with Crippen molar-refractivity contribution in [2.45, 2.75) is 46.5 Å². The first-order valence-corrected chi connectivity index (χ1v) is 4.42. The van der Waals surface area contributed by atoms with Gasteiger partial charge < -0.3 is 0 Å². The van der Waals surface area contributed by atoms with Crippen molar-refractivity contribution >= 4 is 0 Å². The summed E-state index contributed by atoms with van der Waals surface area (Å²) >= 11 is 0. The SMILES string of the molecule is C=CCCCCC(C)=C(C)C. The molecule has 0 aliphatic heterocycles. The van der Waals surface area contributed by atoms with Crippen molar-refractivity contribution in [3.8, 4) is 0 Å². The van der Waals surface area contributed by atoms with Crippen LogP contribution in [0.1, 0.15) is 46.5 Å². The van der Waals surface area contributed by atoms with E-state index in [9.17, 15) is 0 Å². The van der Waals surface area contributed by atoms with Crippen LogP contribution < -0.4 is 0 Å². The highest BCUT2D eigenvalue weighted by Gasteiger charge is 1.91. The first-order chi connectivity index (χ1) is 5.18. The van der Waals surface area contributed by atoms with Gasteiger partial charge in [0.1, 0.15) is 0 Å². The Morgan fingerprint density at radius 1 is 1.18 bits per heavy atom. The van der Waals surface area contributed by atoms with E-state index in [1.54, 1.807) is 5.57 Å². The van der Waals surface area contributed by atoms with Gasteiger partial charge in [-0.15, -0.1) is 6.58 Å². The molecule has 0 heteroatoms. The number of allylic oxidation sites excluding steroid dienone is 3. The summed E-state index contributed by atoms with van der Waals surface area (Å²) in [6, 6.07) is 0. The van der Waals surface area contributed by atoms with E-state index in [2.05, 4.69) is 27.4 Å². The van der Waals surface area contributed by atoms with E-state index >= 15 is 0 Å². The van der Waals surface area contributed by atoms with E-state index < -0.39 is 0 Å². The summed E-state index contributed by atoms with van der Waals surface area (Å²) in [6.45, 7) is 10.3. The van der Waals surface area contributed by atoms with Crippen LogP contribution in [0.2, 0.25) is 0 Å². The maximum atomic E-state index is 3.70. The second kappa shape index (κ2) is 6.21. The molecular formula is C11H20. The van der Waals surface area contributed by atoms with E-state index in [4.69, 9.17) is 0 Å². The van der Waals surface area contributed by atoms with Crippen LogP contribution in [0.3, 0.4) is 0 Å². The lowest BCUT2D eigenvalue weighted by molar-refractivity contribution is 0.738. The lowest BCUT2D eigenvalue weighted by atomic mass is 10.1. The number of rotatable bonds is 5. The topological polar surface area (TPSA) is 0 Å². The van der Waals surface area contributed by atoms with E-state index in [0.29, 0.717) is 0 Å². The van der Waals surface area contributed by atoms with Crippen LogP contribution in [0.5, 0.6) is 0 Å². The smallest absolute Gasteiger partial charge is 0.0320 e. The Morgan fingerprint density at radius 3 is 2.27 bits per heavy atom. The lowest BCUT2D eigenvalue weighted by Crippen LogP contribution is -1.81. The van der Waals surface area contributed by atoms with Crippen molar-refractivity contribution < 1.29 is 0 Å². The number of unbranched alkanes of at least 4 members (excludes halogenated alkanes) is 2. The third-order valence-electron chi connectivity index (χ3n) is 2.06. The van der Waals surface area contributed by atoms with Gasteiger partial charge in [-0.25, -0.2) is 0 Å². The maximum absolute atomic E-state index is 3.70. The molecule has 0 amide bonds. The van der Waals surface area contributed by atoms with Crippen LogP contribution in [0.4, 0.5) is 0 Å². The second-order valence-electron chi connectivity index (χ2n) is 3.31. The van der Waals surface area contributed by atoms with Gasteiger partial charge in [0.2, 0.25) is 0 Å². The normalized spacial score (nSPS) is 9.36. The number of hydrogen-bond acceptors (Lipinski definition) is 0. The first kappa shape index (κ1) is 10.5. The van der Waals surface area contributed by atoms with Gasteiger partial charge in [-0.05, 0) is 46.5 Å². The first-order valence-electron chi connectivity index (χ1n) is 4.42. The molecule has 0 heterocycles. The highest BCUT2D eigenvalue weighted by molar-refractivity contribution is 5.06. The minimum atomic E-state index is 1.16. The Labute approximate surface area is 71.0 Å². The zero-order valence-electron chi connectivity index (χ0n) is 8.11. The molecule has 0 unspecified atom stereocenters. The van der Waals surface area contributed by atoms with Gasteiger partial charge in [0.25, 0.3) is 0 Å². The van der Waals surface area contributed by atoms with Gasteiger partial charge in [0.05, 0.1) is 0 Å². The van der Waals surface area contributed by atoms with Crippen molar-refractivity contribution in [1.29, 1.82) is 0 Å². The highest BCUT2D eigenvalue weighted by atomic mass is 14.0. The van der Waals surface area contributed by atoms with Gasteiger partial charge in [-0.1, -0.05) is 17.2 Å². The molecule has 0 aromatic carbocycles. The molecule has 0 saturated carbocycles. The average molecular weight is 152 g/mol. The van der Waals surface area contributed by atoms with Crippen LogP contribution in [0, 0.1) is 0 Å². The van der Waals surface area contributed by atoms with E-state index in [1.165, 1.54) is 24.8 Å². The zero-order chi connectivity index (χ0) is 8.69. The summed E-state index contributed by atoms with van der Waals surface area (Å²) < 4.78 is 0. The van der Waals surface area contributed by atoms with Crippen molar-refractivity contribution in [3.05, 3.63) is 23.8 Å². The molecule has 0 saturated heterocycles. The summed E-state index contributed by atoms with van der Waals surface area (Å²) in [5, 5.41) is 0. The fourth-order valence-corrected chi connectivity index (χ4v) is 0.929. The van der Waals surface area contributed by atoms with Crippen LogP contribution in [0.25, 0.3) is 0 Å². The van der Waals surface area contributed by atoms with Crippen LogP contribution in [-0.4, -0.2) is 0 Å². The van der Waals surface area contributed by atoms with Crippen LogP contribution in [-0.2, 0) is 0 Å². The second-order valence-corrected chi connectivity index (χ2v) is 3.31. The van der Waals surface area contributed by atoms with Crippen molar-refractivity contribution in [1.82, 2.24) is 0 Å². The molecular weight excluding hydrogens is 132 g/mol. The van der Waals surface area contributed by atoms with Crippen molar-refractivity contribution in [3.63, 3.8) is 0 Å². The molecule has 0 fully saturated rings. The zero-order valence-corrected chi connectivity index (χ0v) is 8.11. The molecule has 0 N–H and O–H groups in total. The van der Waals surface area contributed by atoms with Gasteiger partial charge in [0, 0.05) is 0 Å². The summed E-state index contributed by atoms with van der Waals surface area (Å²) in [5.41, 5.74) is 3.03. The Kier molecular flexibility index (Phi) is 5.91. The third kappa shape index (κ3) is 5.90. The minimum Gasteiger partial charge on any atom is -0.103 e. The molecule has 0 aliphatic carbocycles. The molecule has 0 nitrogen and oxygen atoms in total. The fourth-order valence-electron chi connectivity index (χ4n) is 0.929. The summed E-state index contributed by atoms with van der Waals surface area (Å²) in [5.74, 6) is 0. The fraction of sp³-hybridized carbons (Fsp3) is 0.636. The molecule has 0 spiro atoms. The van der Waals surface area contributed by atoms with Gasteiger partial charge in [0.15, 0.2) is 0 Å². The Bertz CT molecular complexity index is 136. The Morgan fingerprint density at radius 2 is 1.82 bits per heavy atom. The third-order valence-corrected chi connectivity index (χ3v) is 2.06. The van der Waals surface area contributed by atoms with Crippen LogP contribution in [0.15, 0.2) is 23.8 Å². The highest BCUT2D eigenvalue weighted by Crippen LogP contribution is 2.11. The Hall–Kier alpha value is -0.520. The summed E-state index contributed by atoms with van der Waals surface area (Å²) in [7, 11) is 0. The minimum absolute atomic E-state index is 1.16. The van der Waals surface area contributed by atoms with E-state index in [1.807, 2.05) is 6.08 Å². The molecule has 0 aromatic rings. The van der Waals surface area contributed by atoms with E-state index in [-0.39, 0.29) is 0 Å². The quantitative estimate of drug-likeness (QED) is 0.411. The van der Waals surface area contributed by atoms with E-state index in [0.717, 1.165) is 6.42 Å². The molecule has 0 aliphatic rings. The molecule has 0 aromatic heterocycles. The Balaban J connectivity index is 3.39. The molecule has 11 heavy (non-hydrogen) atoms. The predicted molar refractivity (Wildman–Crippen MR) is 52.7 cm³/mol. The molecule has 64 valence electrons.